The first-order valence-electron chi connectivity index (χ1n) is 6.31. The minimum atomic E-state index is -0.442. The van der Waals surface area contributed by atoms with Crippen molar-refractivity contribution in [3.05, 3.63) is 28.3 Å². The highest BCUT2D eigenvalue weighted by molar-refractivity contribution is 5.58. The van der Waals surface area contributed by atoms with Gasteiger partial charge in [0.2, 0.25) is 0 Å². The Hall–Kier alpha value is -1.82. The van der Waals surface area contributed by atoms with E-state index in [-0.39, 0.29) is 12.3 Å². The highest BCUT2D eigenvalue weighted by atomic mass is 16.6. The Balaban J connectivity index is 3.05. The maximum Gasteiger partial charge on any atom is 0.275 e. The summed E-state index contributed by atoms with van der Waals surface area (Å²) in [6.45, 7) is 3.28. The number of aliphatic hydroxyl groups excluding tert-OH is 1. The molecule has 1 aromatic carbocycles. The Kier molecular flexibility index (Phi) is 6.08. The minimum absolute atomic E-state index is 0.00575. The largest absolute Gasteiger partial charge is 0.496 e. The average Bonchev–Trinajstić information content (AvgIpc) is 2.42. The first kappa shape index (κ1) is 15.2. The molecular weight excluding hydrogens is 248 g/mol. The Labute approximate surface area is 112 Å². The number of nitro groups is 1. The Bertz CT molecular complexity index is 423. The zero-order chi connectivity index (χ0) is 14.3. The zero-order valence-corrected chi connectivity index (χ0v) is 11.3. The molecule has 0 amide bonds. The van der Waals surface area contributed by atoms with E-state index in [4.69, 9.17) is 9.84 Å². The molecule has 0 fully saturated rings. The molecular formula is C13H20N2O4. The van der Waals surface area contributed by atoms with Crippen LogP contribution in [0.2, 0.25) is 0 Å². The summed E-state index contributed by atoms with van der Waals surface area (Å²) in [5.74, 6) is 0.448. The lowest BCUT2D eigenvalue weighted by Crippen LogP contribution is -2.27. The van der Waals surface area contributed by atoms with Gasteiger partial charge < -0.3 is 14.7 Å². The van der Waals surface area contributed by atoms with Gasteiger partial charge in [-0.05, 0) is 6.42 Å². The summed E-state index contributed by atoms with van der Waals surface area (Å²) in [5.41, 5.74) is 0.697. The van der Waals surface area contributed by atoms with Crippen LogP contribution in [0.1, 0.15) is 19.8 Å². The fourth-order valence-electron chi connectivity index (χ4n) is 1.81. The topological polar surface area (TPSA) is 75.8 Å². The number of rotatable bonds is 8. The number of aliphatic hydroxyl groups is 1. The molecule has 0 radical (unpaired) electrons. The molecule has 6 heteroatoms. The van der Waals surface area contributed by atoms with Crippen LogP contribution in [0, 0.1) is 10.1 Å². The Morgan fingerprint density at radius 2 is 2.11 bits per heavy atom. The number of nitrogens with zero attached hydrogens (tertiary/aromatic N) is 2. The van der Waals surface area contributed by atoms with Gasteiger partial charge in [0.1, 0.15) is 5.75 Å². The molecule has 1 aromatic rings. The van der Waals surface area contributed by atoms with E-state index in [1.807, 2.05) is 4.90 Å². The summed E-state index contributed by atoms with van der Waals surface area (Å²) in [6, 6.07) is 4.65. The molecule has 0 aliphatic heterocycles. The van der Waals surface area contributed by atoms with Crippen LogP contribution in [0.4, 0.5) is 11.4 Å². The lowest BCUT2D eigenvalue weighted by molar-refractivity contribution is -0.384. The van der Waals surface area contributed by atoms with Crippen molar-refractivity contribution in [2.45, 2.75) is 19.8 Å². The van der Waals surface area contributed by atoms with Gasteiger partial charge in [-0.2, -0.15) is 0 Å². The van der Waals surface area contributed by atoms with Crippen LogP contribution in [-0.2, 0) is 0 Å². The number of unbranched alkanes of at least 4 members (excludes halogenated alkanes) is 1. The van der Waals surface area contributed by atoms with Crippen LogP contribution in [0.3, 0.4) is 0 Å². The van der Waals surface area contributed by atoms with Gasteiger partial charge in [-0.15, -0.1) is 0 Å². The summed E-state index contributed by atoms with van der Waals surface area (Å²) < 4.78 is 5.08. The second-order valence-corrected chi connectivity index (χ2v) is 4.21. The van der Waals surface area contributed by atoms with Crippen LogP contribution in [0.5, 0.6) is 5.75 Å². The summed E-state index contributed by atoms with van der Waals surface area (Å²) in [7, 11) is 1.48. The fourth-order valence-corrected chi connectivity index (χ4v) is 1.81. The minimum Gasteiger partial charge on any atom is -0.496 e. The number of anilines is 1. The molecule has 19 heavy (non-hydrogen) atoms. The molecule has 0 saturated carbocycles. The van der Waals surface area contributed by atoms with Gasteiger partial charge in [0.15, 0.2) is 0 Å². The van der Waals surface area contributed by atoms with E-state index in [0.717, 1.165) is 19.4 Å². The normalized spacial score (nSPS) is 10.3. The van der Waals surface area contributed by atoms with Gasteiger partial charge in [0.05, 0.1) is 24.7 Å². The van der Waals surface area contributed by atoms with Gasteiger partial charge in [-0.1, -0.05) is 13.3 Å². The molecule has 106 valence electrons. The molecule has 0 saturated heterocycles. The molecule has 6 nitrogen and oxygen atoms in total. The quantitative estimate of drug-likeness (QED) is 0.578. The zero-order valence-electron chi connectivity index (χ0n) is 11.3. The van der Waals surface area contributed by atoms with E-state index in [1.54, 1.807) is 6.07 Å². The van der Waals surface area contributed by atoms with Crippen molar-refractivity contribution in [3.8, 4) is 5.75 Å². The van der Waals surface area contributed by atoms with Crippen LogP contribution >= 0.6 is 0 Å². The standard InChI is InChI=1S/C13H20N2O4/c1-3-4-5-14(6-7-16)11-8-12(15(17)18)10-13(9-11)19-2/h8-10,16H,3-7H2,1-2H3. The first-order valence-corrected chi connectivity index (χ1v) is 6.31. The molecule has 0 aliphatic carbocycles. The number of non-ortho nitro benzene ring substituents is 1. The lowest BCUT2D eigenvalue weighted by atomic mass is 10.2. The molecule has 0 unspecified atom stereocenters. The summed E-state index contributed by atoms with van der Waals surface area (Å²) in [5, 5.41) is 20.0. The predicted octanol–water partition coefficient (Wildman–Crippen LogP) is 2.20. The van der Waals surface area contributed by atoms with Crippen LogP contribution in [0.15, 0.2) is 18.2 Å². The van der Waals surface area contributed by atoms with Crippen LogP contribution in [0.25, 0.3) is 0 Å². The number of hydrogen-bond acceptors (Lipinski definition) is 5. The molecule has 0 atom stereocenters. The monoisotopic (exact) mass is 268 g/mol. The number of nitro benzene ring substituents is 1. The predicted molar refractivity (Wildman–Crippen MR) is 73.9 cm³/mol. The third-order valence-corrected chi connectivity index (χ3v) is 2.84. The second kappa shape index (κ2) is 7.58. The smallest absolute Gasteiger partial charge is 0.275 e. The van der Waals surface area contributed by atoms with Crippen molar-refractivity contribution in [3.63, 3.8) is 0 Å². The fraction of sp³-hybridized carbons (Fsp3) is 0.538. The Morgan fingerprint density at radius 1 is 1.37 bits per heavy atom. The van der Waals surface area contributed by atoms with Gasteiger partial charge in [0.25, 0.3) is 5.69 Å². The molecule has 1 rings (SSSR count). The maximum atomic E-state index is 10.9. The second-order valence-electron chi connectivity index (χ2n) is 4.21. The molecule has 0 aromatic heterocycles. The van der Waals surface area contributed by atoms with Crippen molar-refractivity contribution in [1.82, 2.24) is 0 Å². The SMILES string of the molecule is CCCCN(CCO)c1cc(OC)cc([N+](=O)[O-])c1. The van der Waals surface area contributed by atoms with E-state index < -0.39 is 4.92 Å². The van der Waals surface area contributed by atoms with E-state index in [1.165, 1.54) is 19.2 Å². The summed E-state index contributed by atoms with van der Waals surface area (Å²) in [4.78, 5) is 12.4. The highest BCUT2D eigenvalue weighted by Gasteiger charge is 2.14. The van der Waals surface area contributed by atoms with Gasteiger partial charge in [-0.3, -0.25) is 10.1 Å². The Morgan fingerprint density at radius 3 is 2.63 bits per heavy atom. The van der Waals surface area contributed by atoms with Crippen LogP contribution in [-0.4, -0.2) is 36.8 Å². The van der Waals surface area contributed by atoms with Crippen molar-refractivity contribution in [2.75, 3.05) is 31.7 Å². The van der Waals surface area contributed by atoms with Crippen molar-refractivity contribution >= 4 is 11.4 Å². The average molecular weight is 268 g/mol. The van der Waals surface area contributed by atoms with E-state index >= 15 is 0 Å². The van der Waals surface area contributed by atoms with Gasteiger partial charge in [0, 0.05) is 30.9 Å². The maximum absolute atomic E-state index is 10.9. The molecule has 1 N–H and O–H groups in total. The van der Waals surface area contributed by atoms with Gasteiger partial charge in [-0.25, -0.2) is 0 Å². The lowest BCUT2D eigenvalue weighted by Gasteiger charge is -2.24. The number of methoxy groups -OCH3 is 1. The summed E-state index contributed by atoms with van der Waals surface area (Å²) >= 11 is 0. The molecule has 0 heterocycles. The van der Waals surface area contributed by atoms with Gasteiger partial charge >= 0.3 is 0 Å². The molecule has 0 spiro atoms. The van der Waals surface area contributed by atoms with E-state index in [0.29, 0.717) is 18.0 Å². The van der Waals surface area contributed by atoms with Crippen LogP contribution < -0.4 is 9.64 Å². The van der Waals surface area contributed by atoms with E-state index in [9.17, 15) is 10.1 Å². The van der Waals surface area contributed by atoms with E-state index in [2.05, 4.69) is 6.92 Å². The number of hydrogen-bond donors (Lipinski definition) is 1. The third kappa shape index (κ3) is 4.40. The molecule has 0 bridgehead atoms. The van der Waals surface area contributed by atoms with Crippen molar-refractivity contribution in [2.24, 2.45) is 0 Å². The highest BCUT2D eigenvalue weighted by Crippen LogP contribution is 2.28. The van der Waals surface area contributed by atoms with Crippen molar-refractivity contribution in [1.29, 1.82) is 0 Å². The van der Waals surface area contributed by atoms with Crippen molar-refractivity contribution < 1.29 is 14.8 Å². The summed E-state index contributed by atoms with van der Waals surface area (Å²) in [6.07, 6.45) is 1.99. The number of benzene rings is 1. The number of ether oxygens (including phenoxy) is 1. The third-order valence-electron chi connectivity index (χ3n) is 2.84. The molecule has 0 aliphatic rings. The first-order chi connectivity index (χ1) is 9.12.